The summed E-state index contributed by atoms with van der Waals surface area (Å²) < 4.78 is 1.23. The molecular formula is C21H30N4O2. The van der Waals surface area contributed by atoms with Crippen molar-refractivity contribution in [1.82, 2.24) is 20.0 Å². The second kappa shape index (κ2) is 7.80. The SMILES string of the molecule is CC1CC(C)CN(C(C)(C)CNC(=O)Cn2ncc3ccccc3c2=O)C1. The first-order valence-corrected chi connectivity index (χ1v) is 9.73. The molecule has 2 aromatic rings. The molecule has 0 spiro atoms. The van der Waals surface area contributed by atoms with Gasteiger partial charge in [-0.1, -0.05) is 32.0 Å². The summed E-state index contributed by atoms with van der Waals surface area (Å²) in [6, 6.07) is 7.29. The highest BCUT2D eigenvalue weighted by molar-refractivity contribution is 5.81. The number of amides is 1. The molecule has 27 heavy (non-hydrogen) atoms. The Morgan fingerprint density at radius 2 is 1.89 bits per heavy atom. The molecule has 1 amide bonds. The topological polar surface area (TPSA) is 67.2 Å². The number of hydrogen-bond donors (Lipinski definition) is 1. The van der Waals surface area contributed by atoms with Gasteiger partial charge in [0.25, 0.3) is 5.56 Å². The minimum absolute atomic E-state index is 0.0629. The number of carbonyl (C=O) groups excluding carboxylic acids is 1. The lowest BCUT2D eigenvalue weighted by atomic mass is 9.88. The molecule has 2 unspecified atom stereocenters. The fourth-order valence-corrected chi connectivity index (χ4v) is 4.02. The largest absolute Gasteiger partial charge is 0.353 e. The summed E-state index contributed by atoms with van der Waals surface area (Å²) in [5, 5.41) is 8.49. The Bertz CT molecular complexity index is 864. The van der Waals surface area contributed by atoms with Crippen LogP contribution in [-0.2, 0) is 11.3 Å². The summed E-state index contributed by atoms with van der Waals surface area (Å²) in [5.74, 6) is 1.15. The maximum absolute atomic E-state index is 12.5. The number of benzene rings is 1. The third-order valence-corrected chi connectivity index (χ3v) is 5.50. The lowest BCUT2D eigenvalue weighted by Gasteiger charge is -2.45. The molecule has 146 valence electrons. The van der Waals surface area contributed by atoms with E-state index < -0.39 is 0 Å². The highest BCUT2D eigenvalue weighted by Crippen LogP contribution is 2.26. The molecule has 0 bridgehead atoms. The van der Waals surface area contributed by atoms with E-state index in [-0.39, 0.29) is 23.6 Å². The number of fused-ring (bicyclic) bond motifs is 1. The van der Waals surface area contributed by atoms with Gasteiger partial charge in [-0.3, -0.25) is 14.5 Å². The van der Waals surface area contributed by atoms with E-state index in [1.165, 1.54) is 11.1 Å². The summed E-state index contributed by atoms with van der Waals surface area (Å²) in [6.45, 7) is 11.5. The highest BCUT2D eigenvalue weighted by atomic mass is 16.2. The van der Waals surface area contributed by atoms with Crippen LogP contribution in [0, 0.1) is 11.8 Å². The summed E-state index contributed by atoms with van der Waals surface area (Å²) >= 11 is 0. The van der Waals surface area contributed by atoms with Crippen molar-refractivity contribution in [2.24, 2.45) is 11.8 Å². The first kappa shape index (κ1) is 19.5. The van der Waals surface area contributed by atoms with Gasteiger partial charge in [0.05, 0.1) is 11.6 Å². The van der Waals surface area contributed by atoms with E-state index in [0.29, 0.717) is 23.8 Å². The van der Waals surface area contributed by atoms with Crippen LogP contribution in [0.3, 0.4) is 0 Å². The monoisotopic (exact) mass is 370 g/mol. The summed E-state index contributed by atoms with van der Waals surface area (Å²) in [5.41, 5.74) is -0.360. The molecule has 3 rings (SSSR count). The van der Waals surface area contributed by atoms with Crippen LogP contribution in [0.2, 0.25) is 0 Å². The molecule has 1 aromatic heterocycles. The lowest BCUT2D eigenvalue weighted by Crippen LogP contribution is -2.56. The number of piperidine rings is 1. The molecule has 2 heterocycles. The van der Waals surface area contributed by atoms with Gasteiger partial charge in [0.1, 0.15) is 6.54 Å². The average Bonchev–Trinajstić information content (AvgIpc) is 2.62. The van der Waals surface area contributed by atoms with Crippen LogP contribution in [0.5, 0.6) is 0 Å². The minimum atomic E-state index is -0.235. The quantitative estimate of drug-likeness (QED) is 0.877. The van der Waals surface area contributed by atoms with Crippen molar-refractivity contribution >= 4 is 16.7 Å². The Balaban J connectivity index is 1.62. The first-order chi connectivity index (χ1) is 12.8. The van der Waals surface area contributed by atoms with Gasteiger partial charge in [-0.25, -0.2) is 4.68 Å². The number of rotatable bonds is 5. The Morgan fingerprint density at radius 1 is 1.22 bits per heavy atom. The van der Waals surface area contributed by atoms with Crippen molar-refractivity contribution in [2.45, 2.75) is 46.2 Å². The third kappa shape index (κ3) is 4.56. The van der Waals surface area contributed by atoms with Crippen molar-refractivity contribution in [3.05, 3.63) is 40.8 Å². The maximum atomic E-state index is 12.5. The van der Waals surface area contributed by atoms with E-state index in [0.717, 1.165) is 18.5 Å². The van der Waals surface area contributed by atoms with Crippen LogP contribution >= 0.6 is 0 Å². The Kier molecular flexibility index (Phi) is 5.65. The molecule has 0 radical (unpaired) electrons. The zero-order valence-electron chi connectivity index (χ0n) is 16.7. The predicted octanol–water partition coefficient (Wildman–Crippen LogP) is 2.27. The third-order valence-electron chi connectivity index (χ3n) is 5.50. The normalized spacial score (nSPS) is 21.3. The molecule has 6 nitrogen and oxygen atoms in total. The molecule has 0 saturated carbocycles. The molecule has 1 aliphatic rings. The molecular weight excluding hydrogens is 340 g/mol. The molecule has 2 atom stereocenters. The van der Waals surface area contributed by atoms with E-state index >= 15 is 0 Å². The van der Waals surface area contributed by atoms with Gasteiger partial charge >= 0.3 is 0 Å². The van der Waals surface area contributed by atoms with Gasteiger partial charge in [-0.05, 0) is 38.2 Å². The molecule has 6 heteroatoms. The summed E-state index contributed by atoms with van der Waals surface area (Å²) in [4.78, 5) is 27.4. The Morgan fingerprint density at radius 3 is 2.59 bits per heavy atom. The fourth-order valence-electron chi connectivity index (χ4n) is 4.02. The van der Waals surface area contributed by atoms with Gasteiger partial charge < -0.3 is 5.32 Å². The van der Waals surface area contributed by atoms with Crippen molar-refractivity contribution in [1.29, 1.82) is 0 Å². The van der Waals surface area contributed by atoms with Crippen molar-refractivity contribution in [3.63, 3.8) is 0 Å². The van der Waals surface area contributed by atoms with Crippen LogP contribution in [0.1, 0.15) is 34.1 Å². The lowest BCUT2D eigenvalue weighted by molar-refractivity contribution is -0.122. The minimum Gasteiger partial charge on any atom is -0.353 e. The second-order valence-corrected chi connectivity index (χ2v) is 8.63. The molecule has 1 N–H and O–H groups in total. The second-order valence-electron chi connectivity index (χ2n) is 8.63. The Hall–Kier alpha value is -2.21. The van der Waals surface area contributed by atoms with E-state index in [1.54, 1.807) is 12.3 Å². The van der Waals surface area contributed by atoms with Gasteiger partial charge in [-0.2, -0.15) is 5.10 Å². The number of carbonyl (C=O) groups is 1. The molecule has 1 aromatic carbocycles. The van der Waals surface area contributed by atoms with Gasteiger partial charge in [0.15, 0.2) is 0 Å². The van der Waals surface area contributed by atoms with Gasteiger partial charge in [-0.15, -0.1) is 0 Å². The number of likely N-dealkylation sites (tertiary alicyclic amines) is 1. The van der Waals surface area contributed by atoms with Crippen LogP contribution in [0.25, 0.3) is 10.8 Å². The highest BCUT2D eigenvalue weighted by Gasteiger charge is 2.32. The summed E-state index contributed by atoms with van der Waals surface area (Å²) in [6.07, 6.45) is 2.89. The first-order valence-electron chi connectivity index (χ1n) is 9.73. The number of nitrogens with one attached hydrogen (secondary N) is 1. The molecule has 0 aliphatic carbocycles. The van der Waals surface area contributed by atoms with Gasteiger partial charge in [0.2, 0.25) is 5.91 Å². The standard InChI is InChI=1S/C21H30N4O2/c1-15-9-16(2)12-24(11-15)21(3,4)14-22-19(26)13-25-20(27)18-8-6-5-7-17(18)10-23-25/h5-8,10,15-16H,9,11-14H2,1-4H3,(H,22,26). The average molecular weight is 370 g/mol. The maximum Gasteiger partial charge on any atom is 0.275 e. The molecule has 1 fully saturated rings. The Labute approximate surface area is 160 Å². The summed E-state index contributed by atoms with van der Waals surface area (Å²) in [7, 11) is 0. The van der Waals surface area contributed by atoms with Crippen LogP contribution in [0.15, 0.2) is 35.3 Å². The van der Waals surface area contributed by atoms with Crippen molar-refractivity contribution in [3.8, 4) is 0 Å². The molecule has 1 aliphatic heterocycles. The predicted molar refractivity (Wildman–Crippen MR) is 108 cm³/mol. The smallest absolute Gasteiger partial charge is 0.275 e. The van der Waals surface area contributed by atoms with Crippen LogP contribution < -0.4 is 10.9 Å². The van der Waals surface area contributed by atoms with Crippen LogP contribution in [0.4, 0.5) is 0 Å². The zero-order chi connectivity index (χ0) is 19.6. The van der Waals surface area contributed by atoms with E-state index in [9.17, 15) is 9.59 Å². The zero-order valence-corrected chi connectivity index (χ0v) is 16.7. The van der Waals surface area contributed by atoms with E-state index in [4.69, 9.17) is 0 Å². The molecule has 1 saturated heterocycles. The van der Waals surface area contributed by atoms with Crippen molar-refractivity contribution in [2.75, 3.05) is 19.6 Å². The van der Waals surface area contributed by atoms with Gasteiger partial charge in [0, 0.05) is 30.6 Å². The number of aromatic nitrogens is 2. The number of nitrogens with zero attached hydrogens (tertiary/aromatic N) is 3. The van der Waals surface area contributed by atoms with E-state index in [1.807, 2.05) is 18.2 Å². The number of hydrogen-bond acceptors (Lipinski definition) is 4. The van der Waals surface area contributed by atoms with Crippen molar-refractivity contribution < 1.29 is 4.79 Å². The fraction of sp³-hybridized carbons (Fsp3) is 0.571. The van der Waals surface area contributed by atoms with Crippen LogP contribution in [-0.4, -0.2) is 45.8 Å². The van der Waals surface area contributed by atoms with E-state index in [2.05, 4.69) is 43.0 Å².